The standard InChI is InChI=1S/C13H11BrN2O2/c14-10-7-9(13(17)18)3-4-12(10)16-6-5-11(15-16)8-1-2-8/h3-8H,1-2H2,(H,17,18). The first-order valence-corrected chi connectivity index (χ1v) is 6.53. The van der Waals surface area contributed by atoms with Crippen LogP contribution in [-0.4, -0.2) is 20.9 Å². The molecule has 0 bridgehead atoms. The summed E-state index contributed by atoms with van der Waals surface area (Å²) in [5.41, 5.74) is 2.23. The van der Waals surface area contributed by atoms with Crippen molar-refractivity contribution < 1.29 is 9.90 Å². The number of benzene rings is 1. The summed E-state index contributed by atoms with van der Waals surface area (Å²) in [7, 11) is 0. The molecule has 0 unspecified atom stereocenters. The molecule has 1 N–H and O–H groups in total. The fourth-order valence-electron chi connectivity index (χ4n) is 1.89. The van der Waals surface area contributed by atoms with Crippen molar-refractivity contribution in [2.45, 2.75) is 18.8 Å². The molecule has 4 nitrogen and oxygen atoms in total. The Labute approximate surface area is 112 Å². The molecular weight excluding hydrogens is 296 g/mol. The van der Waals surface area contributed by atoms with E-state index in [2.05, 4.69) is 21.0 Å². The molecule has 0 spiro atoms. The van der Waals surface area contributed by atoms with Crippen LogP contribution in [0, 0.1) is 0 Å². The third kappa shape index (κ3) is 2.06. The Morgan fingerprint density at radius 3 is 2.78 bits per heavy atom. The topological polar surface area (TPSA) is 55.1 Å². The molecule has 3 rings (SSSR count). The van der Waals surface area contributed by atoms with Gasteiger partial charge in [0, 0.05) is 16.6 Å². The number of hydrogen-bond acceptors (Lipinski definition) is 2. The molecule has 1 aliphatic carbocycles. The second-order valence-electron chi connectivity index (χ2n) is 4.43. The van der Waals surface area contributed by atoms with Gasteiger partial charge >= 0.3 is 5.97 Å². The number of carbonyl (C=O) groups is 1. The van der Waals surface area contributed by atoms with E-state index < -0.39 is 5.97 Å². The normalized spacial score (nSPS) is 14.7. The van der Waals surface area contributed by atoms with Gasteiger partial charge in [0.15, 0.2) is 0 Å². The molecule has 1 aromatic heterocycles. The average molecular weight is 307 g/mol. The third-order valence-electron chi connectivity index (χ3n) is 3.05. The first-order chi connectivity index (χ1) is 8.65. The third-order valence-corrected chi connectivity index (χ3v) is 3.68. The number of carboxylic acid groups (broad SMARTS) is 1. The van der Waals surface area contributed by atoms with Crippen molar-refractivity contribution in [3.05, 3.63) is 46.2 Å². The maximum absolute atomic E-state index is 10.9. The summed E-state index contributed by atoms with van der Waals surface area (Å²) >= 11 is 3.39. The van der Waals surface area contributed by atoms with E-state index in [1.54, 1.807) is 22.9 Å². The molecule has 5 heteroatoms. The molecule has 2 aromatic rings. The molecule has 18 heavy (non-hydrogen) atoms. The molecule has 1 aromatic carbocycles. The van der Waals surface area contributed by atoms with Crippen molar-refractivity contribution in [1.29, 1.82) is 0 Å². The lowest BCUT2D eigenvalue weighted by molar-refractivity contribution is 0.0697. The molecule has 1 heterocycles. The van der Waals surface area contributed by atoms with Gasteiger partial charge in [0.25, 0.3) is 0 Å². The second-order valence-corrected chi connectivity index (χ2v) is 5.29. The first-order valence-electron chi connectivity index (χ1n) is 5.74. The molecule has 0 atom stereocenters. The maximum Gasteiger partial charge on any atom is 0.335 e. The average Bonchev–Trinajstić information content (AvgIpc) is 3.08. The molecule has 0 saturated heterocycles. The molecule has 0 radical (unpaired) electrons. The van der Waals surface area contributed by atoms with Crippen LogP contribution in [0.3, 0.4) is 0 Å². The van der Waals surface area contributed by atoms with E-state index in [1.165, 1.54) is 12.8 Å². The van der Waals surface area contributed by atoms with Crippen LogP contribution in [0.25, 0.3) is 5.69 Å². The smallest absolute Gasteiger partial charge is 0.335 e. The zero-order chi connectivity index (χ0) is 12.7. The quantitative estimate of drug-likeness (QED) is 0.947. The zero-order valence-electron chi connectivity index (χ0n) is 9.51. The number of aromatic carboxylic acids is 1. The summed E-state index contributed by atoms with van der Waals surface area (Å²) in [6, 6.07) is 6.96. The van der Waals surface area contributed by atoms with Crippen molar-refractivity contribution in [3.63, 3.8) is 0 Å². The minimum atomic E-state index is -0.929. The van der Waals surface area contributed by atoms with Gasteiger partial charge in [-0.05, 0) is 53.0 Å². The number of hydrogen-bond donors (Lipinski definition) is 1. The summed E-state index contributed by atoms with van der Waals surface area (Å²) in [4.78, 5) is 10.9. The first kappa shape index (κ1) is 11.5. The van der Waals surface area contributed by atoms with E-state index in [-0.39, 0.29) is 5.56 Å². The van der Waals surface area contributed by atoms with Crippen LogP contribution in [0.5, 0.6) is 0 Å². The van der Waals surface area contributed by atoms with Crippen LogP contribution in [0.1, 0.15) is 34.8 Å². The highest BCUT2D eigenvalue weighted by Crippen LogP contribution is 2.39. The maximum atomic E-state index is 10.9. The highest BCUT2D eigenvalue weighted by Gasteiger charge is 2.26. The lowest BCUT2D eigenvalue weighted by Gasteiger charge is -2.05. The van der Waals surface area contributed by atoms with Crippen LogP contribution >= 0.6 is 15.9 Å². The predicted octanol–water partition coefficient (Wildman–Crippen LogP) is 3.21. The lowest BCUT2D eigenvalue weighted by atomic mass is 10.2. The Balaban J connectivity index is 1.97. The highest BCUT2D eigenvalue weighted by molar-refractivity contribution is 9.10. The number of nitrogens with zero attached hydrogens (tertiary/aromatic N) is 2. The van der Waals surface area contributed by atoms with Crippen LogP contribution in [0.2, 0.25) is 0 Å². The van der Waals surface area contributed by atoms with Gasteiger partial charge < -0.3 is 5.11 Å². The van der Waals surface area contributed by atoms with Gasteiger partial charge in [0.1, 0.15) is 0 Å². The molecular formula is C13H11BrN2O2. The SMILES string of the molecule is O=C(O)c1ccc(-n2ccc(C3CC3)n2)c(Br)c1. The Hall–Kier alpha value is -1.62. The Bertz CT molecular complexity index is 617. The van der Waals surface area contributed by atoms with E-state index >= 15 is 0 Å². The minimum absolute atomic E-state index is 0.264. The van der Waals surface area contributed by atoms with Crippen molar-refractivity contribution in [1.82, 2.24) is 9.78 Å². The molecule has 1 aliphatic rings. The summed E-state index contributed by atoms with van der Waals surface area (Å²) in [6.07, 6.45) is 4.35. The lowest BCUT2D eigenvalue weighted by Crippen LogP contribution is -2.00. The van der Waals surface area contributed by atoms with E-state index in [0.29, 0.717) is 5.92 Å². The van der Waals surface area contributed by atoms with Gasteiger partial charge in [0.05, 0.1) is 16.9 Å². The fourth-order valence-corrected chi connectivity index (χ4v) is 2.46. The van der Waals surface area contributed by atoms with Crippen molar-refractivity contribution in [2.24, 2.45) is 0 Å². The largest absolute Gasteiger partial charge is 0.478 e. The second kappa shape index (κ2) is 4.24. The van der Waals surface area contributed by atoms with Gasteiger partial charge in [-0.25, -0.2) is 9.48 Å². The molecule has 1 saturated carbocycles. The number of rotatable bonds is 3. The Kier molecular flexibility index (Phi) is 2.70. The van der Waals surface area contributed by atoms with Crippen LogP contribution in [0.4, 0.5) is 0 Å². The zero-order valence-corrected chi connectivity index (χ0v) is 11.1. The van der Waals surface area contributed by atoms with E-state index in [1.807, 2.05) is 12.3 Å². The van der Waals surface area contributed by atoms with E-state index in [4.69, 9.17) is 5.11 Å². The Morgan fingerprint density at radius 1 is 1.39 bits per heavy atom. The number of carboxylic acids is 1. The summed E-state index contributed by atoms with van der Waals surface area (Å²) in [5.74, 6) is -0.315. The molecule has 92 valence electrons. The molecule has 0 aliphatic heterocycles. The molecule has 0 amide bonds. The summed E-state index contributed by atoms with van der Waals surface area (Å²) in [6.45, 7) is 0. The van der Waals surface area contributed by atoms with Gasteiger partial charge in [-0.2, -0.15) is 5.10 Å². The summed E-state index contributed by atoms with van der Waals surface area (Å²) in [5, 5.41) is 13.4. The van der Waals surface area contributed by atoms with Crippen LogP contribution in [-0.2, 0) is 0 Å². The van der Waals surface area contributed by atoms with Crippen molar-refractivity contribution >= 4 is 21.9 Å². The Morgan fingerprint density at radius 2 is 2.17 bits per heavy atom. The van der Waals surface area contributed by atoms with Gasteiger partial charge in [-0.15, -0.1) is 0 Å². The predicted molar refractivity (Wildman–Crippen MR) is 70.2 cm³/mol. The minimum Gasteiger partial charge on any atom is -0.478 e. The van der Waals surface area contributed by atoms with Gasteiger partial charge in [-0.1, -0.05) is 0 Å². The van der Waals surface area contributed by atoms with E-state index in [0.717, 1.165) is 15.9 Å². The highest BCUT2D eigenvalue weighted by atomic mass is 79.9. The number of aromatic nitrogens is 2. The van der Waals surface area contributed by atoms with Crippen molar-refractivity contribution in [3.8, 4) is 5.69 Å². The van der Waals surface area contributed by atoms with E-state index in [9.17, 15) is 4.79 Å². The fraction of sp³-hybridized carbons (Fsp3) is 0.231. The van der Waals surface area contributed by atoms with Gasteiger partial charge in [-0.3, -0.25) is 0 Å². The van der Waals surface area contributed by atoms with Gasteiger partial charge in [0.2, 0.25) is 0 Å². The van der Waals surface area contributed by atoms with Crippen LogP contribution in [0.15, 0.2) is 34.9 Å². The molecule has 1 fully saturated rings. The monoisotopic (exact) mass is 306 g/mol. The number of halogens is 1. The van der Waals surface area contributed by atoms with Crippen LogP contribution < -0.4 is 0 Å². The summed E-state index contributed by atoms with van der Waals surface area (Å²) < 4.78 is 2.51. The van der Waals surface area contributed by atoms with Crippen molar-refractivity contribution in [2.75, 3.05) is 0 Å².